The molecular formula is C55H41N3. The lowest BCUT2D eigenvalue weighted by molar-refractivity contribution is 0.660. The average Bonchev–Trinajstić information content (AvgIpc) is 3.73. The van der Waals surface area contributed by atoms with Gasteiger partial charge in [0.2, 0.25) is 0 Å². The summed E-state index contributed by atoms with van der Waals surface area (Å²) in [4.78, 5) is 4.87. The molecule has 10 aromatic rings. The van der Waals surface area contributed by atoms with Gasteiger partial charge in [-0.2, -0.15) is 0 Å². The standard InChI is InChI=1S/C55H41N3/c1-55(2)49-28-16-14-26-46(49)47-33-32-44(35-50(47)55)56(40-20-6-3-7-21-40)45-36-52(57(41-22-8-4-9-23-41)42-24-10-5-11-25-42)54-48-27-15-17-29-51(48)58(53(54)37-45)43-31-30-38-18-12-13-19-39(38)34-43/h3-37H,1-2H3. The fourth-order valence-corrected chi connectivity index (χ4v) is 9.40. The summed E-state index contributed by atoms with van der Waals surface area (Å²) < 4.78 is 2.46. The van der Waals surface area contributed by atoms with Gasteiger partial charge < -0.3 is 14.4 Å². The molecule has 0 amide bonds. The van der Waals surface area contributed by atoms with Crippen molar-refractivity contribution in [3.05, 3.63) is 223 Å². The molecule has 11 rings (SSSR count). The highest BCUT2D eigenvalue weighted by Gasteiger charge is 2.36. The van der Waals surface area contributed by atoms with Crippen molar-refractivity contribution in [2.24, 2.45) is 0 Å². The van der Waals surface area contributed by atoms with E-state index in [0.29, 0.717) is 0 Å². The van der Waals surface area contributed by atoms with Gasteiger partial charge in [0.15, 0.2) is 0 Å². The van der Waals surface area contributed by atoms with Gasteiger partial charge in [-0.3, -0.25) is 0 Å². The highest BCUT2D eigenvalue weighted by atomic mass is 15.2. The summed E-state index contributed by atoms with van der Waals surface area (Å²) in [6.07, 6.45) is 0. The number of para-hydroxylation sites is 4. The van der Waals surface area contributed by atoms with E-state index in [4.69, 9.17) is 0 Å². The van der Waals surface area contributed by atoms with Crippen LogP contribution in [-0.2, 0) is 5.41 Å². The fourth-order valence-electron chi connectivity index (χ4n) is 9.40. The van der Waals surface area contributed by atoms with Crippen LogP contribution < -0.4 is 9.80 Å². The first-order valence-corrected chi connectivity index (χ1v) is 20.1. The zero-order valence-corrected chi connectivity index (χ0v) is 32.5. The van der Waals surface area contributed by atoms with Gasteiger partial charge in [-0.1, -0.05) is 147 Å². The molecule has 1 aliphatic carbocycles. The third-order valence-corrected chi connectivity index (χ3v) is 12.1. The Balaban J connectivity index is 1.25. The van der Waals surface area contributed by atoms with E-state index >= 15 is 0 Å². The predicted octanol–water partition coefficient (Wildman–Crippen LogP) is 15.2. The van der Waals surface area contributed by atoms with E-state index < -0.39 is 0 Å². The van der Waals surface area contributed by atoms with Crippen LogP contribution in [0.5, 0.6) is 0 Å². The third kappa shape index (κ3) is 5.35. The van der Waals surface area contributed by atoms with Crippen LogP contribution in [0, 0.1) is 0 Å². The Bertz CT molecular complexity index is 3100. The number of benzene rings is 9. The van der Waals surface area contributed by atoms with Crippen LogP contribution in [0.3, 0.4) is 0 Å². The molecule has 0 radical (unpaired) electrons. The Morgan fingerprint density at radius 1 is 0.379 bits per heavy atom. The summed E-state index contributed by atoms with van der Waals surface area (Å²) in [6.45, 7) is 4.72. The van der Waals surface area contributed by atoms with Gasteiger partial charge in [0.1, 0.15) is 0 Å². The van der Waals surface area contributed by atoms with Gasteiger partial charge in [0.25, 0.3) is 0 Å². The molecule has 0 unspecified atom stereocenters. The number of nitrogens with zero attached hydrogens (tertiary/aromatic N) is 3. The van der Waals surface area contributed by atoms with Crippen molar-refractivity contribution in [1.82, 2.24) is 4.57 Å². The molecule has 1 heterocycles. The maximum Gasteiger partial charge on any atom is 0.0583 e. The van der Waals surface area contributed by atoms with Crippen LogP contribution >= 0.6 is 0 Å². The first kappa shape index (κ1) is 33.9. The molecule has 0 atom stereocenters. The van der Waals surface area contributed by atoms with Crippen LogP contribution in [0.4, 0.5) is 34.1 Å². The minimum atomic E-state index is -0.140. The van der Waals surface area contributed by atoms with Gasteiger partial charge in [-0.25, -0.2) is 0 Å². The largest absolute Gasteiger partial charge is 0.310 e. The minimum Gasteiger partial charge on any atom is -0.310 e. The Morgan fingerprint density at radius 2 is 0.966 bits per heavy atom. The lowest BCUT2D eigenvalue weighted by Gasteiger charge is -2.31. The number of aromatic nitrogens is 1. The molecule has 0 fully saturated rings. The fraction of sp³-hybridized carbons (Fsp3) is 0.0545. The zero-order valence-electron chi connectivity index (χ0n) is 32.5. The second kappa shape index (κ2) is 13.4. The smallest absolute Gasteiger partial charge is 0.0583 e. The topological polar surface area (TPSA) is 11.4 Å². The van der Waals surface area contributed by atoms with Gasteiger partial charge in [0.05, 0.1) is 22.4 Å². The van der Waals surface area contributed by atoms with Crippen LogP contribution in [0.15, 0.2) is 212 Å². The van der Waals surface area contributed by atoms with Crippen molar-refractivity contribution in [3.63, 3.8) is 0 Å². The van der Waals surface area contributed by atoms with Crippen LogP contribution in [0.2, 0.25) is 0 Å². The molecule has 9 aromatic carbocycles. The summed E-state index contributed by atoms with van der Waals surface area (Å²) in [5, 5.41) is 4.83. The number of rotatable bonds is 7. The molecule has 1 aliphatic rings. The van der Waals surface area contributed by atoms with Crippen molar-refractivity contribution in [2.45, 2.75) is 19.3 Å². The number of hydrogen-bond acceptors (Lipinski definition) is 2. The Kier molecular flexibility index (Phi) is 7.84. The molecule has 58 heavy (non-hydrogen) atoms. The summed E-state index contributed by atoms with van der Waals surface area (Å²) in [7, 11) is 0. The molecule has 0 N–H and O–H groups in total. The van der Waals surface area contributed by atoms with Gasteiger partial charge in [-0.15, -0.1) is 0 Å². The van der Waals surface area contributed by atoms with E-state index in [9.17, 15) is 0 Å². The second-order valence-corrected chi connectivity index (χ2v) is 15.8. The van der Waals surface area contributed by atoms with Gasteiger partial charge >= 0.3 is 0 Å². The summed E-state index contributed by atoms with van der Waals surface area (Å²) in [5.41, 5.74) is 15.2. The van der Waals surface area contributed by atoms with Gasteiger partial charge in [-0.05, 0) is 112 Å². The molecule has 276 valence electrons. The summed E-state index contributed by atoms with van der Waals surface area (Å²) in [5.74, 6) is 0. The van der Waals surface area contributed by atoms with Crippen molar-refractivity contribution in [3.8, 4) is 16.8 Å². The Hall–Kier alpha value is -7.36. The maximum atomic E-state index is 2.46. The van der Waals surface area contributed by atoms with E-state index in [1.54, 1.807) is 0 Å². The van der Waals surface area contributed by atoms with Gasteiger partial charge in [0, 0.05) is 44.6 Å². The summed E-state index contributed by atoms with van der Waals surface area (Å²) in [6, 6.07) is 77.5. The number of anilines is 6. The molecular weight excluding hydrogens is 703 g/mol. The highest BCUT2D eigenvalue weighted by Crippen LogP contribution is 2.52. The van der Waals surface area contributed by atoms with Crippen LogP contribution in [-0.4, -0.2) is 4.57 Å². The second-order valence-electron chi connectivity index (χ2n) is 15.8. The van der Waals surface area contributed by atoms with E-state index in [1.165, 1.54) is 43.8 Å². The normalized spacial score (nSPS) is 12.8. The first-order valence-electron chi connectivity index (χ1n) is 20.1. The van der Waals surface area contributed by atoms with Crippen LogP contribution in [0.1, 0.15) is 25.0 Å². The molecule has 0 saturated carbocycles. The third-order valence-electron chi connectivity index (χ3n) is 12.1. The Morgan fingerprint density at radius 3 is 1.69 bits per heavy atom. The van der Waals surface area contributed by atoms with E-state index in [1.807, 2.05) is 0 Å². The lowest BCUT2D eigenvalue weighted by Crippen LogP contribution is -2.17. The SMILES string of the molecule is CC1(C)c2ccccc2-c2ccc(N(c3ccccc3)c3cc(N(c4ccccc4)c4ccccc4)c4c5ccccc5n(-c5ccc6ccccc6c5)c4c3)cc21. The highest BCUT2D eigenvalue weighted by molar-refractivity contribution is 6.18. The predicted molar refractivity (Wildman–Crippen MR) is 245 cm³/mol. The molecule has 0 saturated heterocycles. The van der Waals surface area contributed by atoms with Crippen molar-refractivity contribution >= 4 is 66.7 Å². The van der Waals surface area contributed by atoms with E-state index in [-0.39, 0.29) is 5.41 Å². The quantitative estimate of drug-likeness (QED) is 0.161. The molecule has 0 bridgehead atoms. The molecule has 3 nitrogen and oxygen atoms in total. The summed E-state index contributed by atoms with van der Waals surface area (Å²) >= 11 is 0. The lowest BCUT2D eigenvalue weighted by atomic mass is 9.82. The molecule has 3 heteroatoms. The van der Waals surface area contributed by atoms with Crippen LogP contribution in [0.25, 0.3) is 49.4 Å². The molecule has 0 spiro atoms. The van der Waals surface area contributed by atoms with Crippen molar-refractivity contribution in [1.29, 1.82) is 0 Å². The molecule has 0 aliphatic heterocycles. The number of fused-ring (bicyclic) bond motifs is 7. The monoisotopic (exact) mass is 743 g/mol. The Labute approximate surface area is 339 Å². The van der Waals surface area contributed by atoms with E-state index in [2.05, 4.69) is 241 Å². The van der Waals surface area contributed by atoms with Crippen molar-refractivity contribution in [2.75, 3.05) is 9.80 Å². The average molecular weight is 744 g/mol. The first-order chi connectivity index (χ1) is 28.5. The zero-order chi connectivity index (χ0) is 38.8. The minimum absolute atomic E-state index is 0.140. The van der Waals surface area contributed by atoms with Crippen molar-refractivity contribution < 1.29 is 0 Å². The molecule has 1 aromatic heterocycles. The number of hydrogen-bond donors (Lipinski definition) is 0. The maximum absolute atomic E-state index is 2.46. The van der Waals surface area contributed by atoms with E-state index in [0.717, 1.165) is 50.8 Å².